The van der Waals surface area contributed by atoms with Crippen LogP contribution in [-0.4, -0.2) is 77.5 Å². The van der Waals surface area contributed by atoms with Gasteiger partial charge in [0.25, 0.3) is 0 Å². The maximum Gasteiger partial charge on any atom is 0.549 e. The summed E-state index contributed by atoms with van der Waals surface area (Å²) in [6.45, 7) is -1.11. The van der Waals surface area contributed by atoms with Gasteiger partial charge >= 0.3 is 36.4 Å². The Morgan fingerprint density at radius 1 is 0.431 bits per heavy atom. The Bertz CT molecular complexity index is 1520. The SMILES string of the molecule is COc1ccc(C(=O)OOC(=O)OCCC(CCOC(=O)OOC(=O)c2ccc(OC)cc2)COC(=O)OOC(=O)c2ccc(OC)cc2)cc1. The number of rotatable bonds is 14. The summed E-state index contributed by atoms with van der Waals surface area (Å²) in [5.74, 6) is -2.18. The Kier molecular flexibility index (Phi) is 15.6. The second-order valence-electron chi connectivity index (χ2n) is 9.75. The number of carbonyl (C=O) groups excluding carboxylic acids is 6. The lowest BCUT2D eigenvalue weighted by atomic mass is 10.0. The summed E-state index contributed by atoms with van der Waals surface area (Å²) >= 11 is 0. The maximum atomic E-state index is 12.1. The molecule has 0 aliphatic rings. The van der Waals surface area contributed by atoms with Crippen LogP contribution in [0.25, 0.3) is 0 Å². The summed E-state index contributed by atoms with van der Waals surface area (Å²) in [4.78, 5) is 98.8. The van der Waals surface area contributed by atoms with Crippen LogP contribution in [0.3, 0.4) is 0 Å². The second kappa shape index (κ2) is 20.6. The highest BCUT2D eigenvalue weighted by Gasteiger charge is 2.20. The van der Waals surface area contributed by atoms with Gasteiger partial charge in [0.15, 0.2) is 0 Å². The van der Waals surface area contributed by atoms with E-state index in [1.54, 1.807) is 0 Å². The van der Waals surface area contributed by atoms with Crippen molar-refractivity contribution in [2.75, 3.05) is 41.2 Å². The average molecular weight is 717 g/mol. The Hall–Kier alpha value is -6.72. The molecule has 3 aromatic rings. The van der Waals surface area contributed by atoms with Gasteiger partial charge in [-0.1, -0.05) is 0 Å². The van der Waals surface area contributed by atoms with Gasteiger partial charge in [0, 0.05) is 0 Å². The highest BCUT2D eigenvalue weighted by molar-refractivity contribution is 5.90. The van der Waals surface area contributed by atoms with Crippen LogP contribution in [0.5, 0.6) is 17.2 Å². The van der Waals surface area contributed by atoms with Crippen molar-refractivity contribution in [2.24, 2.45) is 5.92 Å². The molecule has 0 spiro atoms. The van der Waals surface area contributed by atoms with E-state index in [1.165, 1.54) is 94.1 Å². The van der Waals surface area contributed by atoms with Crippen molar-refractivity contribution in [3.63, 3.8) is 0 Å². The Labute approximate surface area is 289 Å². The van der Waals surface area contributed by atoms with Crippen molar-refractivity contribution in [2.45, 2.75) is 12.8 Å². The van der Waals surface area contributed by atoms with E-state index in [-0.39, 0.29) is 42.7 Å². The first-order chi connectivity index (χ1) is 24.6. The van der Waals surface area contributed by atoms with Crippen molar-refractivity contribution < 1.29 is 86.5 Å². The summed E-state index contributed by atoms with van der Waals surface area (Å²) in [6, 6.07) is 17.3. The number of carbonyl (C=O) groups is 6. The molecule has 0 aliphatic carbocycles. The van der Waals surface area contributed by atoms with Crippen LogP contribution >= 0.6 is 0 Å². The lowest BCUT2D eigenvalue weighted by molar-refractivity contribution is -0.206. The number of benzene rings is 3. The molecule has 0 N–H and O–H groups in total. The normalized spacial score (nSPS) is 10.1. The second-order valence-corrected chi connectivity index (χ2v) is 9.75. The predicted molar refractivity (Wildman–Crippen MR) is 165 cm³/mol. The summed E-state index contributed by atoms with van der Waals surface area (Å²) in [7, 11) is 4.34. The van der Waals surface area contributed by atoms with Gasteiger partial charge in [-0.2, -0.15) is 14.4 Å². The minimum Gasteiger partial charge on any atom is -0.497 e. The third kappa shape index (κ3) is 13.7. The van der Waals surface area contributed by atoms with Crippen LogP contribution in [0.1, 0.15) is 43.9 Å². The highest BCUT2D eigenvalue weighted by atomic mass is 17.2. The van der Waals surface area contributed by atoms with Crippen LogP contribution in [-0.2, 0) is 43.5 Å². The van der Waals surface area contributed by atoms with E-state index in [0.717, 1.165) is 0 Å². The van der Waals surface area contributed by atoms with Crippen molar-refractivity contribution in [3.05, 3.63) is 89.5 Å². The molecule has 0 radical (unpaired) electrons. The monoisotopic (exact) mass is 716 g/mol. The first-order valence-corrected chi connectivity index (χ1v) is 14.7. The van der Waals surface area contributed by atoms with E-state index < -0.39 is 48.9 Å². The zero-order valence-corrected chi connectivity index (χ0v) is 27.4. The minimum atomic E-state index is -1.39. The summed E-state index contributed by atoms with van der Waals surface area (Å²) < 4.78 is 29.7. The fraction of sp³-hybridized carbons (Fsp3) is 0.273. The van der Waals surface area contributed by atoms with E-state index in [9.17, 15) is 28.8 Å². The molecule has 0 saturated carbocycles. The van der Waals surface area contributed by atoms with Crippen molar-refractivity contribution in [1.29, 1.82) is 0 Å². The number of methoxy groups -OCH3 is 3. The Balaban J connectivity index is 1.45. The number of ether oxygens (including phenoxy) is 6. The smallest absolute Gasteiger partial charge is 0.497 e. The van der Waals surface area contributed by atoms with E-state index >= 15 is 0 Å². The van der Waals surface area contributed by atoms with E-state index in [1.807, 2.05) is 0 Å². The van der Waals surface area contributed by atoms with Gasteiger partial charge in [0.2, 0.25) is 0 Å². The molecule has 0 aliphatic heterocycles. The molecule has 0 fully saturated rings. The molecule has 18 nitrogen and oxygen atoms in total. The molecule has 0 bridgehead atoms. The van der Waals surface area contributed by atoms with Crippen LogP contribution in [0.15, 0.2) is 72.8 Å². The zero-order chi connectivity index (χ0) is 37.0. The Morgan fingerprint density at radius 2 is 0.725 bits per heavy atom. The lowest BCUT2D eigenvalue weighted by Crippen LogP contribution is -2.21. The largest absolute Gasteiger partial charge is 0.549 e. The van der Waals surface area contributed by atoms with Crippen LogP contribution in [0, 0.1) is 5.92 Å². The molecule has 0 saturated heterocycles. The summed E-state index contributed by atoms with van der Waals surface area (Å²) in [6.07, 6.45) is -4.16. The Morgan fingerprint density at radius 3 is 1.02 bits per heavy atom. The standard InChI is InChI=1S/C33H32O18/c1-40-25-10-4-22(5-11-25)28(34)46-49-31(37)43-18-16-21(20-45-33(39)51-48-30(36)24-8-14-27(42-3)15-9-24)17-19-44-32(38)50-47-29(35)23-6-12-26(41-2)13-7-23/h4-15,21H,16-20H2,1-3H3. The average Bonchev–Trinajstić information content (AvgIpc) is 3.16. The van der Waals surface area contributed by atoms with E-state index in [2.05, 4.69) is 29.3 Å². The van der Waals surface area contributed by atoms with Gasteiger partial charge in [0.05, 0.1) is 57.8 Å². The predicted octanol–water partition coefficient (Wildman–Crippen LogP) is 5.18. The third-order valence-corrected chi connectivity index (χ3v) is 6.46. The third-order valence-electron chi connectivity index (χ3n) is 6.46. The fourth-order valence-corrected chi connectivity index (χ4v) is 3.73. The van der Waals surface area contributed by atoms with Crippen LogP contribution in [0.2, 0.25) is 0 Å². The number of hydrogen-bond donors (Lipinski definition) is 0. The summed E-state index contributed by atoms with van der Waals surface area (Å²) in [5.41, 5.74) is 0.187. The molecule has 272 valence electrons. The molecule has 0 unspecified atom stereocenters. The van der Waals surface area contributed by atoms with E-state index in [0.29, 0.717) is 17.2 Å². The van der Waals surface area contributed by atoms with Crippen molar-refractivity contribution in [3.8, 4) is 17.2 Å². The molecule has 0 amide bonds. The molecule has 0 heterocycles. The van der Waals surface area contributed by atoms with Gasteiger partial charge in [-0.3, -0.25) is 0 Å². The molecule has 51 heavy (non-hydrogen) atoms. The summed E-state index contributed by atoms with van der Waals surface area (Å²) in [5, 5.41) is 0. The molecular formula is C33H32O18. The first kappa shape index (κ1) is 38.7. The topological polar surface area (TPSA) is 213 Å². The van der Waals surface area contributed by atoms with Crippen molar-refractivity contribution in [1.82, 2.24) is 0 Å². The van der Waals surface area contributed by atoms with Crippen LogP contribution < -0.4 is 14.2 Å². The quantitative estimate of drug-likeness (QED) is 0.0909. The van der Waals surface area contributed by atoms with E-state index in [4.69, 9.17) is 28.4 Å². The molecule has 3 rings (SSSR count). The highest BCUT2D eigenvalue weighted by Crippen LogP contribution is 2.16. The molecule has 3 aromatic carbocycles. The van der Waals surface area contributed by atoms with Gasteiger partial charge in [-0.15, -0.1) is 0 Å². The van der Waals surface area contributed by atoms with Gasteiger partial charge in [-0.05, 0) is 91.6 Å². The zero-order valence-electron chi connectivity index (χ0n) is 27.4. The van der Waals surface area contributed by atoms with Gasteiger partial charge in [-0.25, -0.2) is 43.7 Å². The maximum absolute atomic E-state index is 12.1. The molecule has 18 heteroatoms. The lowest BCUT2D eigenvalue weighted by Gasteiger charge is -2.16. The molecular weight excluding hydrogens is 684 g/mol. The number of hydrogen-bond acceptors (Lipinski definition) is 18. The van der Waals surface area contributed by atoms with Crippen molar-refractivity contribution >= 4 is 36.4 Å². The molecule has 0 atom stereocenters. The van der Waals surface area contributed by atoms with Gasteiger partial charge < -0.3 is 28.4 Å². The fourth-order valence-electron chi connectivity index (χ4n) is 3.73. The minimum absolute atomic E-state index is 0.0225. The molecule has 0 aromatic heterocycles. The van der Waals surface area contributed by atoms with Crippen LogP contribution in [0.4, 0.5) is 14.4 Å². The first-order valence-electron chi connectivity index (χ1n) is 14.7. The van der Waals surface area contributed by atoms with Gasteiger partial charge in [0.1, 0.15) is 17.2 Å².